The molecule has 3 rings (SSSR count). The Labute approximate surface area is 124 Å². The van der Waals surface area contributed by atoms with Gasteiger partial charge < -0.3 is 10.6 Å². The SMILES string of the molecule is CCC1(CNc2nc(NC)nc(-n3cccn3)n2)CCC1. The Bertz CT molecular complexity index is 584. The second kappa shape index (κ2) is 5.67. The molecule has 0 saturated heterocycles. The van der Waals surface area contributed by atoms with Gasteiger partial charge in [-0.1, -0.05) is 13.3 Å². The smallest absolute Gasteiger partial charge is 0.257 e. The summed E-state index contributed by atoms with van der Waals surface area (Å²) >= 11 is 0. The van der Waals surface area contributed by atoms with E-state index in [1.165, 1.54) is 25.7 Å². The van der Waals surface area contributed by atoms with Gasteiger partial charge in [-0.25, -0.2) is 4.68 Å². The molecule has 0 atom stereocenters. The molecule has 0 amide bonds. The van der Waals surface area contributed by atoms with Gasteiger partial charge in [-0.3, -0.25) is 0 Å². The fraction of sp³-hybridized carbons (Fsp3) is 0.571. The molecule has 0 spiro atoms. The number of aromatic nitrogens is 5. The predicted molar refractivity (Wildman–Crippen MR) is 81.6 cm³/mol. The van der Waals surface area contributed by atoms with Crippen molar-refractivity contribution >= 4 is 11.9 Å². The number of nitrogens with one attached hydrogen (secondary N) is 2. The van der Waals surface area contributed by atoms with E-state index in [9.17, 15) is 0 Å². The van der Waals surface area contributed by atoms with Gasteiger partial charge in [0.25, 0.3) is 5.95 Å². The Morgan fingerprint density at radius 1 is 1.24 bits per heavy atom. The van der Waals surface area contributed by atoms with Crippen LogP contribution in [0.5, 0.6) is 0 Å². The van der Waals surface area contributed by atoms with Crippen molar-refractivity contribution in [2.24, 2.45) is 5.41 Å². The lowest BCUT2D eigenvalue weighted by molar-refractivity contribution is 0.144. The molecule has 7 heteroatoms. The number of nitrogens with zero attached hydrogens (tertiary/aromatic N) is 5. The van der Waals surface area contributed by atoms with Gasteiger partial charge in [-0.05, 0) is 30.7 Å². The maximum Gasteiger partial charge on any atom is 0.257 e. The summed E-state index contributed by atoms with van der Waals surface area (Å²) in [5, 5.41) is 10.5. The lowest BCUT2D eigenvalue weighted by Crippen LogP contribution is -2.36. The maximum atomic E-state index is 4.45. The van der Waals surface area contributed by atoms with E-state index in [0.717, 1.165) is 6.54 Å². The zero-order valence-electron chi connectivity index (χ0n) is 12.5. The van der Waals surface area contributed by atoms with Crippen LogP contribution in [0, 0.1) is 5.41 Å². The van der Waals surface area contributed by atoms with Crippen molar-refractivity contribution < 1.29 is 0 Å². The van der Waals surface area contributed by atoms with Crippen molar-refractivity contribution in [3.63, 3.8) is 0 Å². The lowest BCUT2D eigenvalue weighted by atomic mass is 9.67. The summed E-state index contributed by atoms with van der Waals surface area (Å²) < 4.78 is 1.63. The van der Waals surface area contributed by atoms with Crippen molar-refractivity contribution in [2.45, 2.75) is 32.6 Å². The first kappa shape index (κ1) is 13.8. The minimum absolute atomic E-state index is 0.415. The minimum Gasteiger partial charge on any atom is -0.357 e. The van der Waals surface area contributed by atoms with Crippen LogP contribution in [0.3, 0.4) is 0 Å². The summed E-state index contributed by atoms with van der Waals surface area (Å²) in [4.78, 5) is 13.1. The Hall–Kier alpha value is -2.18. The van der Waals surface area contributed by atoms with Gasteiger partial charge in [-0.2, -0.15) is 20.1 Å². The van der Waals surface area contributed by atoms with Crippen LogP contribution in [0.25, 0.3) is 5.95 Å². The summed E-state index contributed by atoms with van der Waals surface area (Å²) in [7, 11) is 1.80. The Morgan fingerprint density at radius 3 is 2.62 bits per heavy atom. The molecule has 2 aromatic heterocycles. The number of rotatable bonds is 6. The molecule has 21 heavy (non-hydrogen) atoms. The molecule has 0 aromatic carbocycles. The normalized spacial score (nSPS) is 16.3. The summed E-state index contributed by atoms with van der Waals surface area (Å²) in [5.74, 6) is 1.65. The van der Waals surface area contributed by atoms with Gasteiger partial charge in [0.2, 0.25) is 11.9 Å². The molecule has 2 heterocycles. The first-order valence-corrected chi connectivity index (χ1v) is 7.42. The van der Waals surface area contributed by atoms with Crippen molar-refractivity contribution in [2.75, 3.05) is 24.2 Å². The first-order valence-electron chi connectivity index (χ1n) is 7.42. The molecular formula is C14H21N7. The van der Waals surface area contributed by atoms with Crippen LogP contribution >= 0.6 is 0 Å². The summed E-state index contributed by atoms with van der Waals surface area (Å²) in [6, 6.07) is 1.84. The third-order valence-electron chi connectivity index (χ3n) is 4.34. The first-order chi connectivity index (χ1) is 10.2. The van der Waals surface area contributed by atoms with Crippen molar-refractivity contribution in [3.05, 3.63) is 18.5 Å². The lowest BCUT2D eigenvalue weighted by Gasteiger charge is -2.41. The molecular weight excluding hydrogens is 266 g/mol. The standard InChI is InChI=1S/C14H21N7/c1-3-14(6-4-7-14)10-16-12-18-11(15-2)19-13(20-12)21-9-5-8-17-21/h5,8-9H,3-4,6-7,10H2,1-2H3,(H2,15,16,18,19,20). The van der Waals surface area contributed by atoms with Gasteiger partial charge in [0, 0.05) is 26.0 Å². The molecule has 1 saturated carbocycles. The van der Waals surface area contributed by atoms with Gasteiger partial charge in [0.05, 0.1) is 0 Å². The second-order valence-corrected chi connectivity index (χ2v) is 5.54. The van der Waals surface area contributed by atoms with E-state index in [1.54, 1.807) is 17.9 Å². The van der Waals surface area contributed by atoms with E-state index in [2.05, 4.69) is 37.6 Å². The number of hydrogen-bond donors (Lipinski definition) is 2. The molecule has 1 aliphatic rings. The van der Waals surface area contributed by atoms with E-state index < -0.39 is 0 Å². The summed E-state index contributed by atoms with van der Waals surface area (Å²) in [6.07, 6.45) is 8.61. The summed E-state index contributed by atoms with van der Waals surface area (Å²) in [6.45, 7) is 3.16. The third-order valence-corrected chi connectivity index (χ3v) is 4.34. The monoisotopic (exact) mass is 287 g/mol. The van der Waals surface area contributed by atoms with E-state index in [-0.39, 0.29) is 0 Å². The average molecular weight is 287 g/mol. The van der Waals surface area contributed by atoms with Gasteiger partial charge >= 0.3 is 0 Å². The molecule has 112 valence electrons. The largest absolute Gasteiger partial charge is 0.357 e. The highest BCUT2D eigenvalue weighted by Gasteiger charge is 2.34. The molecule has 7 nitrogen and oxygen atoms in total. The Kier molecular flexibility index (Phi) is 3.72. The average Bonchev–Trinajstić information content (AvgIpc) is 3.00. The van der Waals surface area contributed by atoms with E-state index in [1.807, 2.05) is 12.3 Å². The van der Waals surface area contributed by atoms with Crippen LogP contribution in [-0.4, -0.2) is 38.3 Å². The zero-order valence-corrected chi connectivity index (χ0v) is 12.5. The van der Waals surface area contributed by atoms with Gasteiger partial charge in [-0.15, -0.1) is 0 Å². The molecule has 1 fully saturated rings. The van der Waals surface area contributed by atoms with Crippen molar-refractivity contribution in [3.8, 4) is 5.95 Å². The third kappa shape index (κ3) is 2.81. The molecule has 0 radical (unpaired) electrons. The summed E-state index contributed by atoms with van der Waals surface area (Å²) in [5.41, 5.74) is 0.415. The molecule has 2 N–H and O–H groups in total. The fourth-order valence-corrected chi connectivity index (χ4v) is 2.64. The molecule has 0 unspecified atom stereocenters. The van der Waals surface area contributed by atoms with Crippen LogP contribution in [0.1, 0.15) is 32.6 Å². The highest BCUT2D eigenvalue weighted by Crippen LogP contribution is 2.43. The Balaban J connectivity index is 1.79. The quantitative estimate of drug-likeness (QED) is 0.847. The molecule has 1 aliphatic carbocycles. The van der Waals surface area contributed by atoms with Gasteiger partial charge in [0.1, 0.15) is 0 Å². The van der Waals surface area contributed by atoms with Crippen LogP contribution in [0.15, 0.2) is 18.5 Å². The zero-order chi connectivity index (χ0) is 14.7. The highest BCUT2D eigenvalue weighted by atomic mass is 15.4. The fourth-order valence-electron chi connectivity index (χ4n) is 2.64. The second-order valence-electron chi connectivity index (χ2n) is 5.54. The highest BCUT2D eigenvalue weighted by molar-refractivity contribution is 5.37. The van der Waals surface area contributed by atoms with E-state index in [4.69, 9.17) is 0 Å². The molecule has 2 aromatic rings. The maximum absolute atomic E-state index is 4.45. The van der Waals surface area contributed by atoms with Gasteiger partial charge in [0.15, 0.2) is 0 Å². The predicted octanol–water partition coefficient (Wildman–Crippen LogP) is 2.09. The Morgan fingerprint density at radius 2 is 2.05 bits per heavy atom. The van der Waals surface area contributed by atoms with Crippen LogP contribution in [0.2, 0.25) is 0 Å². The number of hydrogen-bond acceptors (Lipinski definition) is 6. The molecule has 0 aliphatic heterocycles. The topological polar surface area (TPSA) is 80.5 Å². The van der Waals surface area contributed by atoms with Crippen LogP contribution < -0.4 is 10.6 Å². The van der Waals surface area contributed by atoms with Crippen LogP contribution in [0.4, 0.5) is 11.9 Å². The van der Waals surface area contributed by atoms with Crippen molar-refractivity contribution in [1.82, 2.24) is 24.7 Å². The minimum atomic E-state index is 0.415. The van der Waals surface area contributed by atoms with E-state index >= 15 is 0 Å². The van der Waals surface area contributed by atoms with Crippen molar-refractivity contribution in [1.29, 1.82) is 0 Å². The van der Waals surface area contributed by atoms with Crippen LogP contribution in [-0.2, 0) is 0 Å². The van der Waals surface area contributed by atoms with E-state index in [0.29, 0.717) is 23.3 Å². The number of anilines is 2. The molecule has 0 bridgehead atoms.